The van der Waals surface area contributed by atoms with E-state index in [9.17, 15) is 19.5 Å². The lowest BCUT2D eigenvalue weighted by Gasteiger charge is -2.11. The third kappa shape index (κ3) is 5.70. The average Bonchev–Trinajstić information content (AvgIpc) is 3.67. The predicted octanol–water partition coefficient (Wildman–Crippen LogP) is 3.18. The molecule has 1 aliphatic carbocycles. The van der Waals surface area contributed by atoms with Gasteiger partial charge < -0.3 is 9.84 Å². The Morgan fingerprint density at radius 1 is 1.08 bits per heavy atom. The van der Waals surface area contributed by atoms with Crippen LogP contribution in [-0.2, 0) is 17.9 Å². The molecular formula is C26H22ClN5O5. The number of aliphatic carboxylic acids is 1. The Morgan fingerprint density at radius 3 is 2.49 bits per heavy atom. The van der Waals surface area contributed by atoms with Crippen molar-refractivity contribution in [2.24, 2.45) is 16.8 Å². The van der Waals surface area contributed by atoms with Gasteiger partial charge in [-0.2, -0.15) is 0 Å². The quantitative estimate of drug-likeness (QED) is 0.367. The monoisotopic (exact) mass is 519 g/mol. The second-order valence-corrected chi connectivity index (χ2v) is 9.11. The molecule has 37 heavy (non-hydrogen) atoms. The number of halogens is 1. The summed E-state index contributed by atoms with van der Waals surface area (Å²) in [4.78, 5) is 48.8. The molecule has 2 aromatic heterocycles. The fourth-order valence-corrected chi connectivity index (χ4v) is 4.07. The molecule has 0 radical (unpaired) electrons. The minimum absolute atomic E-state index is 0.0194. The maximum absolute atomic E-state index is 13.4. The number of aromatic nitrogens is 4. The number of benzene rings is 2. The number of carboxylic acids is 1. The number of pyridine rings is 1. The normalized spacial score (nSPS) is 16.9. The van der Waals surface area contributed by atoms with Gasteiger partial charge in [0, 0.05) is 23.8 Å². The lowest BCUT2D eigenvalue weighted by atomic mass is 10.2. The number of nitrogens with zero attached hydrogens (tertiary/aromatic N) is 4. The van der Waals surface area contributed by atoms with Gasteiger partial charge in [0.1, 0.15) is 5.75 Å². The van der Waals surface area contributed by atoms with E-state index in [1.807, 2.05) is 6.07 Å². The maximum atomic E-state index is 13.4. The summed E-state index contributed by atoms with van der Waals surface area (Å²) < 4.78 is 8.08. The molecule has 2 heterocycles. The van der Waals surface area contributed by atoms with E-state index in [4.69, 9.17) is 16.3 Å². The van der Waals surface area contributed by atoms with Crippen molar-refractivity contribution in [3.8, 4) is 11.6 Å². The predicted molar refractivity (Wildman–Crippen MR) is 135 cm³/mol. The fraction of sp³-hybridized carbons (Fsp3) is 0.192. The molecule has 2 unspecified atom stereocenters. The molecule has 5 rings (SSSR count). The summed E-state index contributed by atoms with van der Waals surface area (Å²) in [7, 11) is 0. The molecular weight excluding hydrogens is 498 g/mol. The SMILES string of the molecule is O=C(O)C1CC1Cn1c(=O)[nH]/c(=N\c2ccc(Oc3ccccn3)cc2)n(Cc2ccc(Cl)cc2)c1=O. The lowest BCUT2D eigenvalue weighted by molar-refractivity contribution is -0.138. The standard InChI is InChI=1S/C26H22ClN5O5/c27-18-6-4-16(5-7-18)14-31-24(30-25(35)32(26(31)36)15-17-13-21(17)23(33)34)29-19-8-10-20(11-9-19)37-22-3-1-2-12-28-22/h1-12,17,21H,13-15H2,(H,33,34)(H,29,30,35). The average molecular weight is 520 g/mol. The molecule has 0 spiro atoms. The maximum Gasteiger partial charge on any atom is 0.335 e. The van der Waals surface area contributed by atoms with E-state index < -0.39 is 23.3 Å². The second kappa shape index (κ2) is 10.3. The van der Waals surface area contributed by atoms with E-state index >= 15 is 0 Å². The molecule has 1 aliphatic rings. The van der Waals surface area contributed by atoms with E-state index in [0.29, 0.717) is 28.8 Å². The van der Waals surface area contributed by atoms with Crippen molar-refractivity contribution >= 4 is 23.3 Å². The molecule has 11 heteroatoms. The van der Waals surface area contributed by atoms with Crippen LogP contribution in [0.4, 0.5) is 5.69 Å². The molecule has 1 fully saturated rings. The zero-order valence-corrected chi connectivity index (χ0v) is 20.2. The van der Waals surface area contributed by atoms with Crippen molar-refractivity contribution in [3.05, 3.63) is 110 Å². The highest BCUT2D eigenvalue weighted by molar-refractivity contribution is 6.30. The topological polar surface area (TPSA) is 132 Å². The number of carbonyl (C=O) groups is 1. The van der Waals surface area contributed by atoms with Crippen LogP contribution in [0.5, 0.6) is 11.6 Å². The minimum Gasteiger partial charge on any atom is -0.481 e. The van der Waals surface area contributed by atoms with Gasteiger partial charge in [0.05, 0.1) is 18.2 Å². The third-order valence-corrected chi connectivity index (χ3v) is 6.28. The van der Waals surface area contributed by atoms with E-state index in [2.05, 4.69) is 15.0 Å². The van der Waals surface area contributed by atoms with Crippen LogP contribution in [0.1, 0.15) is 12.0 Å². The zero-order valence-electron chi connectivity index (χ0n) is 19.5. The molecule has 188 valence electrons. The first-order chi connectivity index (χ1) is 17.9. The Morgan fingerprint density at radius 2 is 1.84 bits per heavy atom. The van der Waals surface area contributed by atoms with E-state index in [-0.39, 0.29) is 24.6 Å². The number of H-pyrrole nitrogens is 1. The van der Waals surface area contributed by atoms with E-state index in [1.165, 1.54) is 4.57 Å². The Balaban J connectivity index is 1.51. The van der Waals surface area contributed by atoms with Crippen molar-refractivity contribution in [2.75, 3.05) is 0 Å². The van der Waals surface area contributed by atoms with Gasteiger partial charge in [-0.3, -0.25) is 14.3 Å². The lowest BCUT2D eigenvalue weighted by Crippen LogP contribution is -2.50. The molecule has 4 aromatic rings. The fourth-order valence-electron chi connectivity index (χ4n) is 3.94. The second-order valence-electron chi connectivity index (χ2n) is 8.68. The summed E-state index contributed by atoms with van der Waals surface area (Å²) in [6, 6.07) is 19.1. The summed E-state index contributed by atoms with van der Waals surface area (Å²) in [5.41, 5.74) is 0.0886. The van der Waals surface area contributed by atoms with E-state index in [0.717, 1.165) is 10.1 Å². The first-order valence-electron chi connectivity index (χ1n) is 11.5. The molecule has 10 nitrogen and oxygen atoms in total. The highest BCUT2D eigenvalue weighted by Gasteiger charge is 2.43. The Bertz CT molecular complexity index is 1610. The van der Waals surface area contributed by atoms with E-state index in [1.54, 1.807) is 66.9 Å². The van der Waals surface area contributed by atoms with Crippen molar-refractivity contribution < 1.29 is 14.6 Å². The van der Waals surface area contributed by atoms with Crippen molar-refractivity contribution in [1.29, 1.82) is 0 Å². The van der Waals surface area contributed by atoms with Gasteiger partial charge >= 0.3 is 17.3 Å². The molecule has 2 aromatic carbocycles. The number of hydrogen-bond acceptors (Lipinski definition) is 6. The summed E-state index contributed by atoms with van der Waals surface area (Å²) in [6.45, 7) is 0.144. The molecule has 2 atom stereocenters. The molecule has 0 aliphatic heterocycles. The molecule has 2 N–H and O–H groups in total. The van der Waals surface area contributed by atoms with Gasteiger partial charge in [-0.05, 0) is 60.4 Å². The Kier molecular flexibility index (Phi) is 6.74. The van der Waals surface area contributed by atoms with Gasteiger partial charge in [-0.15, -0.1) is 0 Å². The van der Waals surface area contributed by atoms with Crippen LogP contribution in [0.2, 0.25) is 5.02 Å². The molecule has 0 amide bonds. The highest BCUT2D eigenvalue weighted by atomic mass is 35.5. The smallest absolute Gasteiger partial charge is 0.335 e. The summed E-state index contributed by atoms with van der Waals surface area (Å²) >= 11 is 6.00. The number of nitrogens with one attached hydrogen (secondary N) is 1. The minimum atomic E-state index is -0.925. The first-order valence-corrected chi connectivity index (χ1v) is 11.9. The van der Waals surface area contributed by atoms with Crippen molar-refractivity contribution in [2.45, 2.75) is 19.5 Å². The molecule has 0 bridgehead atoms. The van der Waals surface area contributed by atoms with Crippen LogP contribution in [0.25, 0.3) is 0 Å². The Labute approximate surface area is 215 Å². The largest absolute Gasteiger partial charge is 0.481 e. The molecule has 1 saturated carbocycles. The summed E-state index contributed by atoms with van der Waals surface area (Å²) in [5.74, 6) is -0.748. The van der Waals surface area contributed by atoms with Gasteiger partial charge in [-0.25, -0.2) is 24.1 Å². The number of ether oxygens (including phenoxy) is 1. The highest BCUT2D eigenvalue weighted by Crippen LogP contribution is 2.39. The van der Waals surface area contributed by atoms with Gasteiger partial charge in [0.2, 0.25) is 11.5 Å². The number of carboxylic acid groups (broad SMARTS) is 1. The van der Waals surface area contributed by atoms with Gasteiger partial charge in [-0.1, -0.05) is 29.8 Å². The number of aromatic amines is 1. The first kappa shape index (κ1) is 24.3. The number of rotatable bonds is 8. The van der Waals surface area contributed by atoms with Crippen LogP contribution < -0.4 is 21.7 Å². The van der Waals surface area contributed by atoms with Crippen LogP contribution >= 0.6 is 11.6 Å². The van der Waals surface area contributed by atoms with Gasteiger partial charge in [0.25, 0.3) is 0 Å². The summed E-state index contributed by atoms with van der Waals surface area (Å²) in [5, 5.41) is 9.76. The van der Waals surface area contributed by atoms with Crippen molar-refractivity contribution in [1.82, 2.24) is 19.1 Å². The Hall–Kier alpha value is -4.44. The van der Waals surface area contributed by atoms with Crippen molar-refractivity contribution in [3.63, 3.8) is 0 Å². The van der Waals surface area contributed by atoms with Crippen LogP contribution in [0, 0.1) is 11.8 Å². The third-order valence-electron chi connectivity index (χ3n) is 6.02. The van der Waals surface area contributed by atoms with Crippen LogP contribution in [0.15, 0.2) is 87.5 Å². The number of hydrogen-bond donors (Lipinski definition) is 2. The molecule has 0 saturated heterocycles. The zero-order chi connectivity index (χ0) is 25.9. The van der Waals surface area contributed by atoms with Crippen LogP contribution in [0.3, 0.4) is 0 Å². The van der Waals surface area contributed by atoms with Gasteiger partial charge in [0.15, 0.2) is 0 Å². The summed E-state index contributed by atoms with van der Waals surface area (Å²) in [6.07, 6.45) is 2.06. The van der Waals surface area contributed by atoms with Crippen LogP contribution in [-0.4, -0.2) is 30.2 Å².